The van der Waals surface area contributed by atoms with Crippen LogP contribution in [-0.4, -0.2) is 12.7 Å². The summed E-state index contributed by atoms with van der Waals surface area (Å²) in [5.74, 6) is 0. The molecule has 2 nitrogen and oxygen atoms in total. The number of hydrogen-bond donors (Lipinski definition) is 0. The van der Waals surface area contributed by atoms with Crippen molar-refractivity contribution in [3.05, 3.63) is 0 Å². The van der Waals surface area contributed by atoms with Crippen molar-refractivity contribution >= 4 is 0 Å². The van der Waals surface area contributed by atoms with Crippen LogP contribution in [0.15, 0.2) is 0 Å². The summed E-state index contributed by atoms with van der Waals surface area (Å²) in [4.78, 5) is 0. The average molecular weight is 153 g/mol. The lowest BCUT2D eigenvalue weighted by Crippen LogP contribution is -2.26. The van der Waals surface area contributed by atoms with Crippen molar-refractivity contribution in [2.75, 3.05) is 7.11 Å². The number of hydrogen-bond acceptors (Lipinski definition) is 2. The van der Waals surface area contributed by atoms with Gasteiger partial charge in [0.2, 0.25) is 0 Å². The topological polar surface area (TPSA) is 33.0 Å². The molecule has 0 saturated heterocycles. The highest BCUT2D eigenvalue weighted by Gasteiger charge is 2.46. The fourth-order valence-corrected chi connectivity index (χ4v) is 1.37. The molecule has 0 aromatic carbocycles. The van der Waals surface area contributed by atoms with Crippen molar-refractivity contribution < 1.29 is 4.74 Å². The zero-order valence-corrected chi connectivity index (χ0v) is 7.48. The summed E-state index contributed by atoms with van der Waals surface area (Å²) in [6.45, 7) is 4.06. The Kier molecular flexibility index (Phi) is 1.94. The Morgan fingerprint density at radius 3 is 2.36 bits per heavy atom. The maximum atomic E-state index is 8.81. The zero-order chi connectivity index (χ0) is 8.54. The van der Waals surface area contributed by atoms with Crippen molar-refractivity contribution in [3.63, 3.8) is 0 Å². The van der Waals surface area contributed by atoms with Gasteiger partial charge in [-0.05, 0) is 33.1 Å². The van der Waals surface area contributed by atoms with Crippen molar-refractivity contribution in [2.24, 2.45) is 5.41 Å². The summed E-state index contributed by atoms with van der Waals surface area (Å²) in [6.07, 6.45) is 2.97. The average Bonchev–Trinajstić information content (AvgIpc) is 2.69. The van der Waals surface area contributed by atoms with E-state index in [0.717, 1.165) is 19.3 Å². The van der Waals surface area contributed by atoms with E-state index < -0.39 is 0 Å². The van der Waals surface area contributed by atoms with E-state index in [4.69, 9.17) is 10.00 Å². The molecule has 0 radical (unpaired) electrons. The van der Waals surface area contributed by atoms with E-state index in [1.165, 1.54) is 0 Å². The van der Waals surface area contributed by atoms with Gasteiger partial charge in [0.15, 0.2) is 0 Å². The molecule has 1 aliphatic carbocycles. The van der Waals surface area contributed by atoms with Gasteiger partial charge < -0.3 is 4.74 Å². The number of nitriles is 1. The molecule has 62 valence electrons. The number of methoxy groups -OCH3 is 1. The third kappa shape index (κ3) is 1.94. The van der Waals surface area contributed by atoms with Crippen LogP contribution in [0.25, 0.3) is 0 Å². The van der Waals surface area contributed by atoms with Crippen LogP contribution in [-0.2, 0) is 4.74 Å². The highest BCUT2D eigenvalue weighted by atomic mass is 16.5. The molecular formula is C9H15NO. The number of ether oxygens (including phenoxy) is 1. The standard InChI is InChI=1S/C9H15NO/c1-8(2,11-3)6-9(7-10)4-5-9/h4-6H2,1-3H3. The second-order valence-corrected chi connectivity index (χ2v) is 4.03. The Bertz CT molecular complexity index is 186. The van der Waals surface area contributed by atoms with E-state index in [1.54, 1.807) is 7.11 Å². The van der Waals surface area contributed by atoms with Crippen LogP contribution in [0.1, 0.15) is 33.1 Å². The van der Waals surface area contributed by atoms with Gasteiger partial charge in [-0.2, -0.15) is 5.26 Å². The fraction of sp³-hybridized carbons (Fsp3) is 0.889. The molecule has 0 amide bonds. The molecule has 0 aromatic heterocycles. The summed E-state index contributed by atoms with van der Waals surface area (Å²) < 4.78 is 5.26. The largest absolute Gasteiger partial charge is 0.379 e. The van der Waals surface area contributed by atoms with Gasteiger partial charge in [-0.15, -0.1) is 0 Å². The minimum atomic E-state index is -0.133. The lowest BCUT2D eigenvalue weighted by atomic mass is 9.92. The molecule has 1 rings (SSSR count). The van der Waals surface area contributed by atoms with E-state index in [2.05, 4.69) is 6.07 Å². The summed E-state index contributed by atoms with van der Waals surface area (Å²) in [6, 6.07) is 2.36. The molecule has 11 heavy (non-hydrogen) atoms. The van der Waals surface area contributed by atoms with Gasteiger partial charge in [-0.25, -0.2) is 0 Å². The third-order valence-electron chi connectivity index (χ3n) is 2.41. The van der Waals surface area contributed by atoms with E-state index in [0.29, 0.717) is 0 Å². The van der Waals surface area contributed by atoms with E-state index in [9.17, 15) is 0 Å². The summed E-state index contributed by atoms with van der Waals surface area (Å²) in [5.41, 5.74) is -0.175. The second kappa shape index (κ2) is 2.49. The summed E-state index contributed by atoms with van der Waals surface area (Å²) in [7, 11) is 1.70. The highest BCUT2D eigenvalue weighted by molar-refractivity contribution is 5.11. The number of nitrogens with zero attached hydrogens (tertiary/aromatic N) is 1. The zero-order valence-electron chi connectivity index (χ0n) is 7.48. The molecule has 0 atom stereocenters. The Morgan fingerprint density at radius 1 is 1.55 bits per heavy atom. The van der Waals surface area contributed by atoms with Gasteiger partial charge >= 0.3 is 0 Å². The van der Waals surface area contributed by atoms with Crippen LogP contribution in [0.5, 0.6) is 0 Å². The SMILES string of the molecule is COC(C)(C)CC1(C#N)CC1. The molecule has 0 N–H and O–H groups in total. The minimum absolute atomic E-state index is 0.0422. The molecule has 0 aliphatic heterocycles. The van der Waals surface area contributed by atoms with Gasteiger partial charge in [0.05, 0.1) is 17.1 Å². The first-order valence-electron chi connectivity index (χ1n) is 4.00. The Labute approximate surface area is 68.2 Å². The van der Waals surface area contributed by atoms with Gasteiger partial charge in [-0.1, -0.05) is 0 Å². The van der Waals surface area contributed by atoms with E-state index in [1.807, 2.05) is 13.8 Å². The highest BCUT2D eigenvalue weighted by Crippen LogP contribution is 2.51. The predicted octanol–water partition coefficient (Wildman–Crippen LogP) is 2.11. The molecule has 0 unspecified atom stereocenters. The molecule has 2 heteroatoms. The summed E-state index contributed by atoms with van der Waals surface area (Å²) >= 11 is 0. The maximum absolute atomic E-state index is 8.81. The Balaban J connectivity index is 2.49. The minimum Gasteiger partial charge on any atom is -0.379 e. The Morgan fingerprint density at radius 2 is 2.09 bits per heavy atom. The van der Waals surface area contributed by atoms with Crippen molar-refractivity contribution in [2.45, 2.75) is 38.7 Å². The van der Waals surface area contributed by atoms with E-state index in [-0.39, 0.29) is 11.0 Å². The van der Waals surface area contributed by atoms with Crippen LogP contribution < -0.4 is 0 Å². The molecule has 1 saturated carbocycles. The molecule has 0 bridgehead atoms. The van der Waals surface area contributed by atoms with E-state index >= 15 is 0 Å². The first-order valence-corrected chi connectivity index (χ1v) is 4.00. The normalized spacial score (nSPS) is 20.9. The Hall–Kier alpha value is -0.550. The lowest BCUT2D eigenvalue weighted by Gasteiger charge is -2.24. The molecular weight excluding hydrogens is 138 g/mol. The van der Waals surface area contributed by atoms with Crippen molar-refractivity contribution in [3.8, 4) is 6.07 Å². The molecule has 1 aliphatic rings. The van der Waals surface area contributed by atoms with Crippen LogP contribution in [0.3, 0.4) is 0 Å². The molecule has 0 aromatic rings. The van der Waals surface area contributed by atoms with Crippen LogP contribution in [0, 0.1) is 16.7 Å². The molecule has 0 spiro atoms. The molecule has 1 fully saturated rings. The van der Waals surface area contributed by atoms with Crippen LogP contribution >= 0.6 is 0 Å². The molecule has 0 heterocycles. The summed E-state index contributed by atoms with van der Waals surface area (Å²) in [5, 5.41) is 8.81. The van der Waals surface area contributed by atoms with Gasteiger partial charge in [0.1, 0.15) is 0 Å². The first-order chi connectivity index (χ1) is 5.04. The second-order valence-electron chi connectivity index (χ2n) is 4.03. The third-order valence-corrected chi connectivity index (χ3v) is 2.41. The van der Waals surface area contributed by atoms with Gasteiger partial charge in [-0.3, -0.25) is 0 Å². The quantitative estimate of drug-likeness (QED) is 0.622. The predicted molar refractivity (Wildman–Crippen MR) is 43.0 cm³/mol. The van der Waals surface area contributed by atoms with Gasteiger partial charge in [0.25, 0.3) is 0 Å². The number of rotatable bonds is 3. The fourth-order valence-electron chi connectivity index (χ4n) is 1.37. The lowest BCUT2D eigenvalue weighted by molar-refractivity contribution is 0.00452. The van der Waals surface area contributed by atoms with Crippen LogP contribution in [0.2, 0.25) is 0 Å². The monoisotopic (exact) mass is 153 g/mol. The van der Waals surface area contributed by atoms with Gasteiger partial charge in [0, 0.05) is 7.11 Å². The smallest absolute Gasteiger partial charge is 0.0690 e. The van der Waals surface area contributed by atoms with Crippen molar-refractivity contribution in [1.29, 1.82) is 5.26 Å². The van der Waals surface area contributed by atoms with Crippen LogP contribution in [0.4, 0.5) is 0 Å². The first kappa shape index (κ1) is 8.55. The maximum Gasteiger partial charge on any atom is 0.0690 e. The van der Waals surface area contributed by atoms with Crippen molar-refractivity contribution in [1.82, 2.24) is 0 Å².